The second-order valence-electron chi connectivity index (χ2n) is 10.4. The van der Waals surface area contributed by atoms with Gasteiger partial charge in [-0.15, -0.1) is 0 Å². The molecule has 8 heteroatoms. The number of rotatable bonds is 14. The lowest BCUT2D eigenvalue weighted by Crippen LogP contribution is -2.53. The molecular formula is C30H44N2O6. The molecule has 0 aliphatic carbocycles. The molecular weight excluding hydrogens is 484 g/mol. The number of fused-ring (bicyclic) bond motifs is 1. The fourth-order valence-corrected chi connectivity index (χ4v) is 5.21. The first-order valence-electron chi connectivity index (χ1n) is 13.7. The molecule has 1 saturated heterocycles. The molecule has 0 spiro atoms. The average Bonchev–Trinajstić information content (AvgIpc) is 2.93. The lowest BCUT2D eigenvalue weighted by Gasteiger charge is -2.40. The second-order valence-corrected chi connectivity index (χ2v) is 10.4. The number of aliphatic hydroxyl groups is 1. The summed E-state index contributed by atoms with van der Waals surface area (Å²) in [5, 5.41) is 15.2. The number of methoxy groups -OCH3 is 2. The molecule has 210 valence electrons. The first-order chi connectivity index (χ1) is 18.5. The lowest BCUT2D eigenvalue weighted by molar-refractivity contribution is -0.134. The maximum atomic E-state index is 11.8. The summed E-state index contributed by atoms with van der Waals surface area (Å²) in [6.07, 6.45) is 1.20. The van der Waals surface area contributed by atoms with Gasteiger partial charge < -0.3 is 39.0 Å². The summed E-state index contributed by atoms with van der Waals surface area (Å²) in [5.41, 5.74) is 3.07. The van der Waals surface area contributed by atoms with Crippen LogP contribution in [0.2, 0.25) is 0 Å². The summed E-state index contributed by atoms with van der Waals surface area (Å²) in [6, 6.07) is 14.3. The van der Waals surface area contributed by atoms with E-state index in [0.29, 0.717) is 51.9 Å². The highest BCUT2D eigenvalue weighted by Crippen LogP contribution is 2.35. The van der Waals surface area contributed by atoms with Crippen molar-refractivity contribution in [3.63, 3.8) is 0 Å². The van der Waals surface area contributed by atoms with Crippen molar-refractivity contribution < 1.29 is 28.8 Å². The van der Waals surface area contributed by atoms with E-state index in [1.165, 1.54) is 0 Å². The van der Waals surface area contributed by atoms with Gasteiger partial charge in [0.15, 0.2) is 0 Å². The Morgan fingerprint density at radius 3 is 2.68 bits per heavy atom. The van der Waals surface area contributed by atoms with Gasteiger partial charge in [0.25, 0.3) is 0 Å². The zero-order valence-corrected chi connectivity index (χ0v) is 23.1. The Kier molecular flexibility index (Phi) is 10.8. The summed E-state index contributed by atoms with van der Waals surface area (Å²) < 4.78 is 28.5. The van der Waals surface area contributed by atoms with Crippen molar-refractivity contribution in [1.29, 1.82) is 0 Å². The molecule has 0 aromatic heterocycles. The highest BCUT2D eigenvalue weighted by molar-refractivity contribution is 5.61. The van der Waals surface area contributed by atoms with Crippen LogP contribution in [0.5, 0.6) is 5.75 Å². The fourth-order valence-electron chi connectivity index (χ4n) is 5.21. The van der Waals surface area contributed by atoms with Crippen molar-refractivity contribution in [2.75, 3.05) is 71.7 Å². The van der Waals surface area contributed by atoms with E-state index < -0.39 is 5.60 Å². The third kappa shape index (κ3) is 7.46. The van der Waals surface area contributed by atoms with E-state index in [1.54, 1.807) is 14.2 Å². The van der Waals surface area contributed by atoms with Crippen molar-refractivity contribution in [1.82, 2.24) is 5.32 Å². The van der Waals surface area contributed by atoms with Crippen LogP contribution in [0, 0.1) is 5.92 Å². The molecule has 2 aromatic rings. The topological polar surface area (TPSA) is 81.7 Å². The summed E-state index contributed by atoms with van der Waals surface area (Å²) in [6.45, 7) is 8.96. The molecule has 0 bridgehead atoms. The normalized spacial score (nSPS) is 22.1. The number of piperidine rings is 1. The monoisotopic (exact) mass is 528 g/mol. The molecule has 38 heavy (non-hydrogen) atoms. The summed E-state index contributed by atoms with van der Waals surface area (Å²) in [7, 11) is 3.44. The number of nitrogens with zero attached hydrogens (tertiary/aromatic N) is 1. The Balaban J connectivity index is 1.38. The minimum atomic E-state index is -1.05. The Labute approximate surface area is 227 Å². The van der Waals surface area contributed by atoms with Crippen LogP contribution in [0.15, 0.2) is 42.5 Å². The number of benzene rings is 2. The standard InChI is InChI=1S/C30H44N2O6/c1-23(19-35-3)20-36-21-24-5-8-26(9-6-24)30(33)11-12-31-18-29(30)38-22-25-7-10-28-27(17-25)32(14-16-37-28)13-4-15-34-2/h5-10,17,23,29,31,33H,4,11-16,18-22H2,1-3H3/t23-,29-,30-/m0/s1. The van der Waals surface area contributed by atoms with Crippen molar-refractivity contribution >= 4 is 5.69 Å². The van der Waals surface area contributed by atoms with E-state index >= 15 is 0 Å². The number of nitrogens with one attached hydrogen (secondary N) is 1. The van der Waals surface area contributed by atoms with Crippen LogP contribution in [-0.2, 0) is 37.8 Å². The highest BCUT2D eigenvalue weighted by Gasteiger charge is 2.41. The molecule has 2 N–H and O–H groups in total. The predicted octanol–water partition coefficient (Wildman–Crippen LogP) is 3.49. The van der Waals surface area contributed by atoms with Gasteiger partial charge in [-0.2, -0.15) is 0 Å². The maximum absolute atomic E-state index is 11.8. The second kappa shape index (κ2) is 14.3. The van der Waals surface area contributed by atoms with Crippen molar-refractivity contribution in [3.8, 4) is 5.75 Å². The molecule has 0 radical (unpaired) electrons. The number of hydrogen-bond acceptors (Lipinski definition) is 8. The van der Waals surface area contributed by atoms with Crippen LogP contribution < -0.4 is 15.0 Å². The maximum Gasteiger partial charge on any atom is 0.142 e. The molecule has 1 fully saturated rings. The number of hydrogen-bond donors (Lipinski definition) is 2. The van der Waals surface area contributed by atoms with E-state index in [2.05, 4.69) is 29.3 Å². The van der Waals surface area contributed by atoms with E-state index in [-0.39, 0.29) is 6.10 Å². The molecule has 0 saturated carbocycles. The van der Waals surface area contributed by atoms with E-state index in [0.717, 1.165) is 60.8 Å². The first-order valence-corrected chi connectivity index (χ1v) is 13.7. The van der Waals surface area contributed by atoms with Crippen LogP contribution in [0.25, 0.3) is 0 Å². The van der Waals surface area contributed by atoms with Gasteiger partial charge in [-0.25, -0.2) is 0 Å². The van der Waals surface area contributed by atoms with E-state index in [9.17, 15) is 5.11 Å². The number of anilines is 1. The molecule has 2 aliphatic heterocycles. The fraction of sp³-hybridized carbons (Fsp3) is 0.600. The molecule has 3 atom stereocenters. The van der Waals surface area contributed by atoms with Crippen LogP contribution >= 0.6 is 0 Å². The van der Waals surface area contributed by atoms with Crippen molar-refractivity contribution in [2.24, 2.45) is 5.92 Å². The first kappa shape index (κ1) is 28.8. The van der Waals surface area contributed by atoms with Gasteiger partial charge in [0.05, 0.1) is 38.7 Å². The Bertz CT molecular complexity index is 987. The molecule has 2 aromatic carbocycles. The molecule has 8 nitrogen and oxygen atoms in total. The molecule has 0 amide bonds. The minimum absolute atomic E-state index is 0.356. The van der Waals surface area contributed by atoms with Gasteiger partial charge in [0.1, 0.15) is 24.1 Å². The summed E-state index contributed by atoms with van der Waals surface area (Å²) in [4.78, 5) is 2.35. The van der Waals surface area contributed by atoms with Gasteiger partial charge in [-0.3, -0.25) is 0 Å². The minimum Gasteiger partial charge on any atom is -0.490 e. The van der Waals surface area contributed by atoms with E-state index in [4.69, 9.17) is 23.7 Å². The average molecular weight is 529 g/mol. The summed E-state index contributed by atoms with van der Waals surface area (Å²) in [5.74, 6) is 1.26. The lowest BCUT2D eigenvalue weighted by atomic mass is 9.82. The third-order valence-electron chi connectivity index (χ3n) is 7.33. The number of ether oxygens (including phenoxy) is 5. The molecule has 0 unspecified atom stereocenters. The van der Waals surface area contributed by atoms with Crippen LogP contribution in [0.4, 0.5) is 5.69 Å². The quantitative estimate of drug-likeness (QED) is 0.361. The Morgan fingerprint density at radius 2 is 1.89 bits per heavy atom. The third-order valence-corrected chi connectivity index (χ3v) is 7.33. The van der Waals surface area contributed by atoms with Crippen LogP contribution in [0.3, 0.4) is 0 Å². The van der Waals surface area contributed by atoms with Gasteiger partial charge >= 0.3 is 0 Å². The summed E-state index contributed by atoms with van der Waals surface area (Å²) >= 11 is 0. The largest absolute Gasteiger partial charge is 0.490 e. The smallest absolute Gasteiger partial charge is 0.142 e. The SMILES string of the molecule is COCCCN1CCOc2ccc(CO[C@H]3CNCC[C@]3(O)c3ccc(COC[C@@H](C)COC)cc3)cc21. The molecule has 2 heterocycles. The van der Waals surface area contributed by atoms with Gasteiger partial charge in [-0.05, 0) is 48.2 Å². The van der Waals surface area contributed by atoms with Gasteiger partial charge in [0.2, 0.25) is 0 Å². The van der Waals surface area contributed by atoms with Gasteiger partial charge in [0, 0.05) is 39.8 Å². The molecule has 2 aliphatic rings. The van der Waals surface area contributed by atoms with Crippen LogP contribution in [0.1, 0.15) is 36.5 Å². The van der Waals surface area contributed by atoms with Crippen molar-refractivity contribution in [2.45, 2.75) is 44.7 Å². The molecule has 4 rings (SSSR count). The van der Waals surface area contributed by atoms with Gasteiger partial charge in [-0.1, -0.05) is 37.3 Å². The zero-order valence-electron chi connectivity index (χ0n) is 23.1. The van der Waals surface area contributed by atoms with Crippen LogP contribution in [-0.4, -0.2) is 78.0 Å². The predicted molar refractivity (Wildman–Crippen MR) is 148 cm³/mol. The van der Waals surface area contributed by atoms with E-state index in [1.807, 2.05) is 30.3 Å². The Hall–Kier alpha value is -2.20. The zero-order chi connectivity index (χ0) is 26.8. The Morgan fingerprint density at radius 1 is 1.08 bits per heavy atom. The highest BCUT2D eigenvalue weighted by atomic mass is 16.5. The van der Waals surface area contributed by atoms with Crippen molar-refractivity contribution in [3.05, 3.63) is 59.2 Å².